The molecular weight excluding hydrogens is 650 g/mol. The molecule has 4 rings (SSSR count). The van der Waals surface area contributed by atoms with Crippen molar-refractivity contribution in [1.82, 2.24) is 10.2 Å². The molecule has 224 valence electrons. The van der Waals surface area contributed by atoms with E-state index in [0.717, 1.165) is 25.5 Å². The first-order valence-electron chi connectivity index (χ1n) is 13.6. The summed E-state index contributed by atoms with van der Waals surface area (Å²) in [7, 11) is -2.69. The standard InChI is InChI=1S/C33H33BrClN3O4S/c1-23-12-16-29(17-13-23)43(41,42)38(30-20-28(35)15-14-24(30)2)22-32(39)37(21-26-10-7-11-27(34)18-26)31(33(40)36-3)19-25-8-5-4-6-9-25/h4-18,20,31H,19,21-22H2,1-3H3,(H,36,40)/t31-/m1/s1. The first kappa shape index (κ1) is 32.3. The average Bonchev–Trinajstić information content (AvgIpc) is 2.99. The third-order valence-corrected chi connectivity index (χ3v) is 9.59. The fourth-order valence-corrected chi connectivity index (χ4v) is 6.84. The molecule has 0 aromatic heterocycles. The van der Waals surface area contributed by atoms with E-state index < -0.39 is 28.5 Å². The van der Waals surface area contributed by atoms with Crippen LogP contribution in [0.2, 0.25) is 5.02 Å². The SMILES string of the molecule is CNC(=O)[C@@H](Cc1ccccc1)N(Cc1cccc(Br)c1)C(=O)CN(c1cc(Cl)ccc1C)S(=O)(=O)c1ccc(C)cc1. The molecule has 0 aliphatic heterocycles. The summed E-state index contributed by atoms with van der Waals surface area (Å²) in [5, 5.41) is 3.02. The zero-order valence-electron chi connectivity index (χ0n) is 24.1. The Morgan fingerprint density at radius 3 is 2.21 bits per heavy atom. The number of carbonyl (C=O) groups excluding carboxylic acids is 2. The Balaban J connectivity index is 1.82. The van der Waals surface area contributed by atoms with Gasteiger partial charge in [0.25, 0.3) is 10.0 Å². The maximum atomic E-state index is 14.4. The Bertz CT molecular complexity index is 1700. The number of nitrogens with one attached hydrogen (secondary N) is 1. The van der Waals surface area contributed by atoms with Crippen molar-refractivity contribution in [3.8, 4) is 0 Å². The summed E-state index contributed by atoms with van der Waals surface area (Å²) in [6, 6.07) is 27.3. The number of hydrogen-bond donors (Lipinski definition) is 1. The van der Waals surface area contributed by atoms with E-state index in [4.69, 9.17) is 11.6 Å². The van der Waals surface area contributed by atoms with Gasteiger partial charge in [-0.15, -0.1) is 0 Å². The van der Waals surface area contributed by atoms with Crippen LogP contribution in [-0.4, -0.2) is 44.8 Å². The van der Waals surface area contributed by atoms with Crippen LogP contribution in [0.15, 0.2) is 106 Å². The normalized spacial score (nSPS) is 11.9. The van der Waals surface area contributed by atoms with Crippen molar-refractivity contribution in [2.24, 2.45) is 0 Å². The van der Waals surface area contributed by atoms with Crippen molar-refractivity contribution < 1.29 is 18.0 Å². The second kappa shape index (κ2) is 14.2. The van der Waals surface area contributed by atoms with Crippen molar-refractivity contribution in [3.63, 3.8) is 0 Å². The fraction of sp³-hybridized carbons (Fsp3) is 0.212. The molecular formula is C33H33BrClN3O4S. The van der Waals surface area contributed by atoms with Gasteiger partial charge in [0.2, 0.25) is 11.8 Å². The van der Waals surface area contributed by atoms with Crippen molar-refractivity contribution in [2.45, 2.75) is 37.8 Å². The summed E-state index contributed by atoms with van der Waals surface area (Å²) in [5.74, 6) is -0.904. The minimum Gasteiger partial charge on any atom is -0.357 e. The lowest BCUT2D eigenvalue weighted by atomic mass is 10.0. The molecule has 0 saturated heterocycles. The smallest absolute Gasteiger partial charge is 0.264 e. The molecule has 0 aliphatic rings. The van der Waals surface area contributed by atoms with Gasteiger partial charge < -0.3 is 10.2 Å². The first-order chi connectivity index (χ1) is 20.5. The van der Waals surface area contributed by atoms with Crippen LogP contribution in [0.25, 0.3) is 0 Å². The number of carbonyl (C=O) groups is 2. The van der Waals surface area contributed by atoms with Gasteiger partial charge in [-0.25, -0.2) is 8.42 Å². The van der Waals surface area contributed by atoms with Gasteiger partial charge in [0.15, 0.2) is 0 Å². The molecule has 2 amide bonds. The summed E-state index contributed by atoms with van der Waals surface area (Å²) < 4.78 is 30.2. The maximum absolute atomic E-state index is 14.4. The number of anilines is 1. The van der Waals surface area contributed by atoms with Crippen LogP contribution in [0.5, 0.6) is 0 Å². The van der Waals surface area contributed by atoms with E-state index >= 15 is 0 Å². The average molecular weight is 683 g/mol. The topological polar surface area (TPSA) is 86.8 Å². The Kier molecular flexibility index (Phi) is 10.7. The molecule has 0 aliphatic carbocycles. The lowest BCUT2D eigenvalue weighted by molar-refractivity contribution is -0.139. The van der Waals surface area contributed by atoms with E-state index in [1.165, 1.54) is 30.1 Å². The van der Waals surface area contributed by atoms with Crippen LogP contribution in [0, 0.1) is 13.8 Å². The summed E-state index contributed by atoms with van der Waals surface area (Å²) in [4.78, 5) is 29.2. The van der Waals surface area contributed by atoms with Crippen LogP contribution in [0.1, 0.15) is 22.3 Å². The third kappa shape index (κ3) is 8.04. The van der Waals surface area contributed by atoms with Crippen LogP contribution in [0.3, 0.4) is 0 Å². The molecule has 0 saturated carbocycles. The Hall–Kier alpha value is -3.66. The van der Waals surface area contributed by atoms with E-state index in [1.807, 2.05) is 61.5 Å². The Morgan fingerprint density at radius 2 is 1.56 bits per heavy atom. The molecule has 1 N–H and O–H groups in total. The van der Waals surface area contributed by atoms with E-state index in [-0.39, 0.29) is 29.5 Å². The molecule has 0 unspecified atom stereocenters. The van der Waals surface area contributed by atoms with Crippen molar-refractivity contribution in [1.29, 1.82) is 0 Å². The van der Waals surface area contributed by atoms with Crippen LogP contribution < -0.4 is 9.62 Å². The third-order valence-electron chi connectivity index (χ3n) is 7.09. The van der Waals surface area contributed by atoms with Gasteiger partial charge in [-0.1, -0.05) is 93.8 Å². The molecule has 0 bridgehead atoms. The molecule has 4 aromatic carbocycles. The minimum absolute atomic E-state index is 0.0379. The molecule has 0 fully saturated rings. The Morgan fingerprint density at radius 1 is 0.884 bits per heavy atom. The molecule has 10 heteroatoms. The van der Waals surface area contributed by atoms with Gasteiger partial charge in [-0.3, -0.25) is 13.9 Å². The number of amides is 2. The van der Waals surface area contributed by atoms with Gasteiger partial charge in [-0.05, 0) is 66.9 Å². The highest BCUT2D eigenvalue weighted by atomic mass is 79.9. The summed E-state index contributed by atoms with van der Waals surface area (Å²) in [6.45, 7) is 3.16. The van der Waals surface area contributed by atoms with Crippen molar-refractivity contribution in [3.05, 3.63) is 129 Å². The Labute approximate surface area is 266 Å². The van der Waals surface area contributed by atoms with E-state index in [1.54, 1.807) is 31.2 Å². The number of sulfonamides is 1. The van der Waals surface area contributed by atoms with Crippen molar-refractivity contribution >= 4 is 55.1 Å². The molecule has 4 aromatic rings. The number of nitrogens with zero attached hydrogens (tertiary/aromatic N) is 2. The highest BCUT2D eigenvalue weighted by Crippen LogP contribution is 2.30. The molecule has 0 radical (unpaired) electrons. The number of benzene rings is 4. The first-order valence-corrected chi connectivity index (χ1v) is 16.3. The van der Waals surface area contributed by atoms with E-state index in [2.05, 4.69) is 21.2 Å². The van der Waals surface area contributed by atoms with Crippen LogP contribution in [0.4, 0.5) is 5.69 Å². The predicted octanol–water partition coefficient (Wildman–Crippen LogP) is 6.30. The number of aryl methyl sites for hydroxylation is 2. The summed E-state index contributed by atoms with van der Waals surface area (Å²) in [5.41, 5.74) is 3.44. The highest BCUT2D eigenvalue weighted by Gasteiger charge is 2.35. The second-order valence-electron chi connectivity index (χ2n) is 10.2. The largest absolute Gasteiger partial charge is 0.357 e. The number of hydrogen-bond acceptors (Lipinski definition) is 4. The van der Waals surface area contributed by atoms with Gasteiger partial charge in [0.1, 0.15) is 12.6 Å². The number of halogens is 2. The van der Waals surface area contributed by atoms with Crippen LogP contribution >= 0.6 is 27.5 Å². The zero-order valence-corrected chi connectivity index (χ0v) is 27.3. The summed E-state index contributed by atoms with van der Waals surface area (Å²) in [6.07, 6.45) is 0.237. The molecule has 43 heavy (non-hydrogen) atoms. The van der Waals surface area contributed by atoms with Gasteiger partial charge in [0.05, 0.1) is 10.6 Å². The van der Waals surface area contributed by atoms with Gasteiger partial charge in [0, 0.05) is 29.5 Å². The van der Waals surface area contributed by atoms with Gasteiger partial charge in [-0.2, -0.15) is 0 Å². The molecule has 0 spiro atoms. The second-order valence-corrected chi connectivity index (χ2v) is 13.4. The number of likely N-dealkylation sites (N-methyl/N-ethyl adjacent to an activating group) is 1. The predicted molar refractivity (Wildman–Crippen MR) is 175 cm³/mol. The quantitative estimate of drug-likeness (QED) is 0.201. The summed E-state index contributed by atoms with van der Waals surface area (Å²) >= 11 is 9.81. The molecule has 0 heterocycles. The van der Waals surface area contributed by atoms with E-state index in [9.17, 15) is 18.0 Å². The minimum atomic E-state index is -4.21. The lowest BCUT2D eigenvalue weighted by Gasteiger charge is -2.34. The fourth-order valence-electron chi connectivity index (χ4n) is 4.75. The van der Waals surface area contributed by atoms with E-state index in [0.29, 0.717) is 10.6 Å². The molecule has 1 atom stereocenters. The maximum Gasteiger partial charge on any atom is 0.264 e. The molecule has 7 nitrogen and oxygen atoms in total. The highest BCUT2D eigenvalue weighted by molar-refractivity contribution is 9.10. The lowest BCUT2D eigenvalue weighted by Crippen LogP contribution is -2.53. The van der Waals surface area contributed by atoms with Gasteiger partial charge >= 0.3 is 0 Å². The zero-order chi connectivity index (χ0) is 31.1. The number of rotatable bonds is 11. The monoisotopic (exact) mass is 681 g/mol. The van der Waals surface area contributed by atoms with Crippen molar-refractivity contribution in [2.75, 3.05) is 17.9 Å². The van der Waals surface area contributed by atoms with Crippen LogP contribution in [-0.2, 0) is 32.6 Å².